The maximum Gasteiger partial charge on any atom is 0.387 e. The quantitative estimate of drug-likeness (QED) is 0.705. The van der Waals surface area contributed by atoms with Gasteiger partial charge in [-0.2, -0.15) is 8.78 Å². The molecule has 0 aliphatic carbocycles. The van der Waals surface area contributed by atoms with Crippen molar-refractivity contribution < 1.29 is 22.6 Å². The summed E-state index contributed by atoms with van der Waals surface area (Å²) in [5.41, 5.74) is 0.381. The molecule has 1 aliphatic heterocycles. The van der Waals surface area contributed by atoms with E-state index in [1.54, 1.807) is 0 Å². The van der Waals surface area contributed by atoms with Crippen molar-refractivity contribution in [2.45, 2.75) is 12.7 Å². The average molecular weight is 204 g/mol. The Morgan fingerprint density at radius 2 is 2.14 bits per heavy atom. The Kier molecular flexibility index (Phi) is 2.33. The Morgan fingerprint density at radius 3 is 2.64 bits per heavy atom. The van der Waals surface area contributed by atoms with Gasteiger partial charge in [0.05, 0.1) is 6.61 Å². The first kappa shape index (κ1) is 9.33. The predicted octanol–water partition coefficient (Wildman–Crippen LogP) is 2.50. The SMILES string of the molecule is Fc1cc(OC(F)F)ccc1[C@@H]1CO1. The van der Waals surface area contributed by atoms with E-state index in [2.05, 4.69) is 4.74 Å². The lowest BCUT2D eigenvalue weighted by molar-refractivity contribution is -0.0500. The van der Waals surface area contributed by atoms with Crippen LogP contribution in [0.3, 0.4) is 0 Å². The number of halogens is 3. The third-order valence-electron chi connectivity index (χ3n) is 1.88. The van der Waals surface area contributed by atoms with Gasteiger partial charge in [0, 0.05) is 11.6 Å². The molecule has 76 valence electrons. The van der Waals surface area contributed by atoms with E-state index in [0.29, 0.717) is 12.2 Å². The molecule has 0 N–H and O–H groups in total. The van der Waals surface area contributed by atoms with Crippen LogP contribution in [-0.2, 0) is 4.74 Å². The maximum absolute atomic E-state index is 13.2. The van der Waals surface area contributed by atoms with Gasteiger partial charge in [0.15, 0.2) is 0 Å². The normalized spacial score (nSPS) is 19.9. The molecule has 2 nitrogen and oxygen atoms in total. The molecule has 0 spiro atoms. The van der Waals surface area contributed by atoms with Crippen LogP contribution in [0.4, 0.5) is 13.2 Å². The Labute approximate surface area is 78.2 Å². The van der Waals surface area contributed by atoms with Crippen LogP contribution >= 0.6 is 0 Å². The van der Waals surface area contributed by atoms with Crippen LogP contribution in [0, 0.1) is 5.82 Å². The lowest BCUT2D eigenvalue weighted by Gasteiger charge is -2.05. The number of rotatable bonds is 3. The second kappa shape index (κ2) is 3.49. The van der Waals surface area contributed by atoms with E-state index in [1.165, 1.54) is 12.1 Å². The highest BCUT2D eigenvalue weighted by atomic mass is 19.3. The van der Waals surface area contributed by atoms with Crippen molar-refractivity contribution >= 4 is 0 Å². The fourth-order valence-corrected chi connectivity index (χ4v) is 1.17. The van der Waals surface area contributed by atoms with Crippen molar-refractivity contribution in [2.75, 3.05) is 6.61 Å². The van der Waals surface area contributed by atoms with Crippen molar-refractivity contribution in [3.63, 3.8) is 0 Å². The minimum absolute atomic E-state index is 0.179. The van der Waals surface area contributed by atoms with Gasteiger partial charge in [0.25, 0.3) is 0 Å². The van der Waals surface area contributed by atoms with Crippen molar-refractivity contribution in [3.8, 4) is 5.75 Å². The molecule has 0 saturated carbocycles. The van der Waals surface area contributed by atoms with Crippen LogP contribution in [0.15, 0.2) is 18.2 Å². The molecule has 0 radical (unpaired) electrons. The van der Waals surface area contributed by atoms with Crippen LogP contribution in [0.5, 0.6) is 5.75 Å². The molecule has 1 aromatic rings. The minimum atomic E-state index is -2.93. The molecule has 1 heterocycles. The van der Waals surface area contributed by atoms with E-state index in [4.69, 9.17) is 4.74 Å². The van der Waals surface area contributed by atoms with Gasteiger partial charge in [-0.1, -0.05) is 0 Å². The van der Waals surface area contributed by atoms with E-state index in [1.807, 2.05) is 0 Å². The minimum Gasteiger partial charge on any atom is -0.435 e. The Hall–Kier alpha value is -1.23. The molecule has 1 aliphatic rings. The van der Waals surface area contributed by atoms with Crippen molar-refractivity contribution in [1.29, 1.82) is 0 Å². The zero-order valence-electron chi connectivity index (χ0n) is 7.04. The van der Waals surface area contributed by atoms with Crippen molar-refractivity contribution in [1.82, 2.24) is 0 Å². The summed E-state index contributed by atoms with van der Waals surface area (Å²) in [7, 11) is 0. The lowest BCUT2D eigenvalue weighted by atomic mass is 10.1. The molecule has 1 fully saturated rings. The molecule has 1 atom stereocenters. The van der Waals surface area contributed by atoms with Crippen LogP contribution in [-0.4, -0.2) is 13.2 Å². The van der Waals surface area contributed by atoms with E-state index in [0.717, 1.165) is 6.07 Å². The fraction of sp³-hybridized carbons (Fsp3) is 0.333. The molecule has 0 unspecified atom stereocenters. The van der Waals surface area contributed by atoms with Crippen LogP contribution in [0.25, 0.3) is 0 Å². The monoisotopic (exact) mass is 204 g/mol. The molecular formula is C9H7F3O2. The summed E-state index contributed by atoms with van der Waals surface area (Å²) in [6.45, 7) is -2.45. The van der Waals surface area contributed by atoms with Gasteiger partial charge in [-0.05, 0) is 12.1 Å². The van der Waals surface area contributed by atoms with Crippen LogP contribution in [0.1, 0.15) is 11.7 Å². The van der Waals surface area contributed by atoms with Gasteiger partial charge in [0.2, 0.25) is 0 Å². The highest BCUT2D eigenvalue weighted by molar-refractivity contribution is 5.31. The first-order valence-corrected chi connectivity index (χ1v) is 4.02. The van der Waals surface area contributed by atoms with E-state index in [9.17, 15) is 13.2 Å². The van der Waals surface area contributed by atoms with E-state index < -0.39 is 12.4 Å². The molecule has 1 aromatic carbocycles. The Bertz CT molecular complexity index is 337. The summed E-state index contributed by atoms with van der Waals surface area (Å²) in [5.74, 6) is -0.757. The number of hydrogen-bond acceptors (Lipinski definition) is 2. The summed E-state index contributed by atoms with van der Waals surface area (Å²) in [5, 5.41) is 0. The third-order valence-corrected chi connectivity index (χ3v) is 1.88. The first-order chi connectivity index (χ1) is 6.66. The van der Waals surface area contributed by atoms with Gasteiger partial charge in [0.1, 0.15) is 17.7 Å². The molecule has 2 rings (SSSR count). The number of alkyl halides is 2. The topological polar surface area (TPSA) is 21.8 Å². The van der Waals surface area contributed by atoms with Gasteiger partial charge < -0.3 is 9.47 Å². The molecule has 0 amide bonds. The zero-order valence-corrected chi connectivity index (χ0v) is 7.04. The first-order valence-electron chi connectivity index (χ1n) is 4.02. The second-order valence-electron chi connectivity index (χ2n) is 2.88. The van der Waals surface area contributed by atoms with Gasteiger partial charge >= 0.3 is 6.61 Å². The van der Waals surface area contributed by atoms with Gasteiger partial charge in [-0.25, -0.2) is 4.39 Å². The number of hydrogen-bond donors (Lipinski definition) is 0. The van der Waals surface area contributed by atoms with Crippen molar-refractivity contribution in [3.05, 3.63) is 29.6 Å². The summed E-state index contributed by atoms with van der Waals surface area (Å²) in [6.07, 6.45) is -0.226. The highest BCUT2D eigenvalue weighted by Gasteiger charge is 2.28. The smallest absolute Gasteiger partial charge is 0.387 e. The largest absolute Gasteiger partial charge is 0.435 e. The number of benzene rings is 1. The van der Waals surface area contributed by atoms with E-state index >= 15 is 0 Å². The highest BCUT2D eigenvalue weighted by Crippen LogP contribution is 2.33. The molecular weight excluding hydrogens is 197 g/mol. The summed E-state index contributed by atoms with van der Waals surface area (Å²) >= 11 is 0. The van der Waals surface area contributed by atoms with Crippen LogP contribution < -0.4 is 4.74 Å². The molecule has 1 saturated heterocycles. The second-order valence-corrected chi connectivity index (χ2v) is 2.88. The van der Waals surface area contributed by atoms with Gasteiger partial charge in [-0.3, -0.25) is 0 Å². The molecule has 0 bridgehead atoms. The summed E-state index contributed by atoms with van der Waals surface area (Å²) < 4.78 is 45.6. The average Bonchev–Trinajstić information content (AvgIpc) is 2.86. The van der Waals surface area contributed by atoms with Gasteiger partial charge in [-0.15, -0.1) is 0 Å². The number of ether oxygens (including phenoxy) is 2. The number of epoxide rings is 1. The molecule has 0 aromatic heterocycles. The fourth-order valence-electron chi connectivity index (χ4n) is 1.17. The van der Waals surface area contributed by atoms with Crippen LogP contribution in [0.2, 0.25) is 0 Å². The summed E-state index contributed by atoms with van der Waals surface area (Å²) in [6, 6.07) is 3.63. The predicted molar refractivity (Wildman–Crippen MR) is 41.7 cm³/mol. The standard InChI is InChI=1S/C9H7F3O2/c10-7-3-5(14-9(11)12)1-2-6(7)8-4-13-8/h1-3,8-9H,4H2/t8-/m0/s1. The summed E-state index contributed by atoms with van der Waals surface area (Å²) in [4.78, 5) is 0. The third kappa shape index (κ3) is 1.98. The Balaban J connectivity index is 2.17. The van der Waals surface area contributed by atoms with Crippen molar-refractivity contribution in [2.24, 2.45) is 0 Å². The maximum atomic E-state index is 13.2. The molecule has 5 heteroatoms. The Morgan fingerprint density at radius 1 is 1.43 bits per heavy atom. The van der Waals surface area contributed by atoms with E-state index in [-0.39, 0.29) is 11.9 Å². The lowest BCUT2D eigenvalue weighted by Crippen LogP contribution is -2.02. The molecule has 14 heavy (non-hydrogen) atoms. The zero-order chi connectivity index (χ0) is 10.1.